The molecule has 1 aromatic heterocycles. The van der Waals surface area contributed by atoms with Gasteiger partial charge in [-0.15, -0.1) is 0 Å². The molecular formula is C12H12ClN3. The molecule has 2 N–H and O–H groups in total. The molecule has 0 aliphatic heterocycles. The molecule has 1 heterocycles. The smallest absolute Gasteiger partial charge is 0.0835 e. The van der Waals surface area contributed by atoms with E-state index in [1.165, 1.54) is 0 Å². The van der Waals surface area contributed by atoms with Gasteiger partial charge in [0.1, 0.15) is 0 Å². The zero-order chi connectivity index (χ0) is 11.2. The minimum atomic E-state index is -0.199. The number of rotatable bonds is 2. The Morgan fingerprint density at radius 3 is 2.69 bits per heavy atom. The topological polar surface area (TPSA) is 43.8 Å². The van der Waals surface area contributed by atoms with Crippen LogP contribution in [0.4, 0.5) is 0 Å². The number of hydrogen-bond acceptors (Lipinski definition) is 2. The third-order valence-corrected chi connectivity index (χ3v) is 3.34. The summed E-state index contributed by atoms with van der Waals surface area (Å²) in [4.78, 5) is 0. The Bertz CT molecular complexity index is 529. The van der Waals surface area contributed by atoms with E-state index in [-0.39, 0.29) is 5.54 Å². The molecule has 0 bridgehead atoms. The molecule has 1 aliphatic carbocycles. The van der Waals surface area contributed by atoms with Crippen molar-refractivity contribution in [3.8, 4) is 5.69 Å². The molecular weight excluding hydrogens is 222 g/mol. The average molecular weight is 234 g/mol. The molecule has 1 aliphatic rings. The van der Waals surface area contributed by atoms with Gasteiger partial charge < -0.3 is 5.73 Å². The van der Waals surface area contributed by atoms with E-state index in [9.17, 15) is 0 Å². The van der Waals surface area contributed by atoms with Gasteiger partial charge in [0.05, 0.1) is 21.9 Å². The normalized spacial score (nSPS) is 17.4. The molecule has 0 saturated heterocycles. The summed E-state index contributed by atoms with van der Waals surface area (Å²) in [6.07, 6.45) is 3.80. The summed E-state index contributed by atoms with van der Waals surface area (Å²) in [7, 11) is 0. The third-order valence-electron chi connectivity index (χ3n) is 3.02. The van der Waals surface area contributed by atoms with Crippen LogP contribution in [0.2, 0.25) is 5.02 Å². The van der Waals surface area contributed by atoms with Crippen molar-refractivity contribution in [2.75, 3.05) is 0 Å². The van der Waals surface area contributed by atoms with Crippen molar-refractivity contribution in [3.05, 3.63) is 47.2 Å². The number of halogens is 1. The summed E-state index contributed by atoms with van der Waals surface area (Å²) in [6.45, 7) is 0. The number of hydrogen-bond donors (Lipinski definition) is 1. The van der Waals surface area contributed by atoms with Gasteiger partial charge in [-0.1, -0.05) is 23.7 Å². The van der Waals surface area contributed by atoms with Crippen LogP contribution in [0.3, 0.4) is 0 Å². The maximum Gasteiger partial charge on any atom is 0.0835 e. The molecule has 1 fully saturated rings. The highest BCUT2D eigenvalue weighted by molar-refractivity contribution is 6.32. The predicted molar refractivity (Wildman–Crippen MR) is 63.7 cm³/mol. The van der Waals surface area contributed by atoms with Gasteiger partial charge >= 0.3 is 0 Å². The monoisotopic (exact) mass is 233 g/mol. The van der Waals surface area contributed by atoms with E-state index in [2.05, 4.69) is 5.10 Å². The first kappa shape index (κ1) is 9.87. The first-order valence-electron chi connectivity index (χ1n) is 5.29. The molecule has 16 heavy (non-hydrogen) atoms. The second-order valence-corrected chi connectivity index (χ2v) is 4.64. The number of para-hydroxylation sites is 1. The summed E-state index contributed by atoms with van der Waals surface area (Å²) in [5.41, 5.74) is 7.93. The van der Waals surface area contributed by atoms with Gasteiger partial charge in [0.2, 0.25) is 0 Å². The van der Waals surface area contributed by atoms with E-state index in [0.717, 1.165) is 24.2 Å². The standard InChI is InChI=1S/C12H12ClN3/c13-9-3-1-2-4-10(9)16-11(5-8-15-16)12(14)6-7-12/h1-5,8H,6-7,14H2. The van der Waals surface area contributed by atoms with E-state index in [4.69, 9.17) is 17.3 Å². The van der Waals surface area contributed by atoms with Crippen LogP contribution in [0, 0.1) is 0 Å². The Morgan fingerprint density at radius 2 is 2.00 bits per heavy atom. The van der Waals surface area contributed by atoms with Gasteiger partial charge in [0, 0.05) is 6.20 Å². The van der Waals surface area contributed by atoms with E-state index in [1.807, 2.05) is 35.0 Å². The van der Waals surface area contributed by atoms with E-state index in [1.54, 1.807) is 6.20 Å². The van der Waals surface area contributed by atoms with Crippen molar-refractivity contribution in [2.24, 2.45) is 5.73 Å². The van der Waals surface area contributed by atoms with Crippen molar-refractivity contribution in [1.82, 2.24) is 9.78 Å². The molecule has 4 heteroatoms. The Kier molecular flexibility index (Phi) is 2.06. The fourth-order valence-electron chi connectivity index (χ4n) is 1.89. The molecule has 3 nitrogen and oxygen atoms in total. The van der Waals surface area contributed by atoms with Gasteiger partial charge in [-0.3, -0.25) is 0 Å². The Morgan fingerprint density at radius 1 is 1.25 bits per heavy atom. The molecule has 0 amide bonds. The zero-order valence-electron chi connectivity index (χ0n) is 8.73. The Labute approximate surface area is 98.8 Å². The lowest BCUT2D eigenvalue weighted by Crippen LogP contribution is -2.23. The van der Waals surface area contributed by atoms with Gasteiger partial charge in [0.15, 0.2) is 0 Å². The summed E-state index contributed by atoms with van der Waals surface area (Å²) in [6, 6.07) is 9.63. The van der Waals surface area contributed by atoms with Gasteiger partial charge in [-0.25, -0.2) is 4.68 Å². The average Bonchev–Trinajstić information content (AvgIpc) is 2.84. The van der Waals surface area contributed by atoms with Crippen LogP contribution in [0.1, 0.15) is 18.5 Å². The van der Waals surface area contributed by atoms with Crippen LogP contribution < -0.4 is 5.73 Å². The molecule has 0 spiro atoms. The van der Waals surface area contributed by atoms with Crippen molar-refractivity contribution in [3.63, 3.8) is 0 Å². The second kappa shape index (κ2) is 3.34. The van der Waals surface area contributed by atoms with Crippen LogP contribution in [0.15, 0.2) is 36.5 Å². The SMILES string of the molecule is NC1(c2ccnn2-c2ccccc2Cl)CC1. The van der Waals surface area contributed by atoms with Gasteiger partial charge in [-0.05, 0) is 31.0 Å². The molecule has 1 saturated carbocycles. The minimum absolute atomic E-state index is 0.199. The lowest BCUT2D eigenvalue weighted by molar-refractivity contribution is 0.657. The number of aromatic nitrogens is 2. The Hall–Kier alpha value is -1.32. The lowest BCUT2D eigenvalue weighted by atomic mass is 10.2. The highest BCUT2D eigenvalue weighted by atomic mass is 35.5. The van der Waals surface area contributed by atoms with Crippen molar-refractivity contribution in [1.29, 1.82) is 0 Å². The second-order valence-electron chi connectivity index (χ2n) is 4.24. The molecule has 82 valence electrons. The number of nitrogens with two attached hydrogens (primary N) is 1. The summed E-state index contributed by atoms with van der Waals surface area (Å²) < 4.78 is 1.84. The zero-order valence-corrected chi connectivity index (χ0v) is 9.48. The maximum absolute atomic E-state index is 6.20. The highest BCUT2D eigenvalue weighted by Crippen LogP contribution is 2.43. The van der Waals surface area contributed by atoms with Crippen molar-refractivity contribution < 1.29 is 0 Å². The van der Waals surface area contributed by atoms with Gasteiger partial charge in [-0.2, -0.15) is 5.10 Å². The Balaban J connectivity index is 2.14. The number of benzene rings is 1. The predicted octanol–water partition coefficient (Wildman–Crippen LogP) is 2.47. The molecule has 2 aromatic rings. The van der Waals surface area contributed by atoms with Crippen molar-refractivity contribution in [2.45, 2.75) is 18.4 Å². The quantitative estimate of drug-likeness (QED) is 0.866. The van der Waals surface area contributed by atoms with Crippen LogP contribution in [0.25, 0.3) is 5.69 Å². The first-order valence-corrected chi connectivity index (χ1v) is 5.67. The third kappa shape index (κ3) is 1.44. The summed E-state index contributed by atoms with van der Waals surface area (Å²) in [5.74, 6) is 0. The molecule has 1 aromatic carbocycles. The molecule has 0 atom stereocenters. The first-order chi connectivity index (χ1) is 7.71. The van der Waals surface area contributed by atoms with Crippen LogP contribution in [-0.2, 0) is 5.54 Å². The van der Waals surface area contributed by atoms with E-state index in [0.29, 0.717) is 5.02 Å². The fourth-order valence-corrected chi connectivity index (χ4v) is 2.10. The molecule has 3 rings (SSSR count). The van der Waals surface area contributed by atoms with E-state index >= 15 is 0 Å². The largest absolute Gasteiger partial charge is 0.320 e. The van der Waals surface area contributed by atoms with Crippen LogP contribution in [-0.4, -0.2) is 9.78 Å². The maximum atomic E-state index is 6.20. The van der Waals surface area contributed by atoms with Crippen LogP contribution in [0.5, 0.6) is 0 Å². The lowest BCUT2D eigenvalue weighted by Gasteiger charge is -2.13. The summed E-state index contributed by atoms with van der Waals surface area (Å²) >= 11 is 6.16. The van der Waals surface area contributed by atoms with Gasteiger partial charge in [0.25, 0.3) is 0 Å². The molecule has 0 unspecified atom stereocenters. The summed E-state index contributed by atoms with van der Waals surface area (Å²) in [5, 5.41) is 5.00. The molecule has 0 radical (unpaired) electrons. The van der Waals surface area contributed by atoms with E-state index < -0.39 is 0 Å². The highest BCUT2D eigenvalue weighted by Gasteiger charge is 2.43. The minimum Gasteiger partial charge on any atom is -0.320 e. The fraction of sp³-hybridized carbons (Fsp3) is 0.250. The van der Waals surface area contributed by atoms with Crippen molar-refractivity contribution >= 4 is 11.6 Å². The van der Waals surface area contributed by atoms with Crippen LogP contribution >= 0.6 is 11.6 Å². The number of nitrogens with zero attached hydrogens (tertiary/aromatic N) is 2.